The number of halogens is 2. The summed E-state index contributed by atoms with van der Waals surface area (Å²) in [6.07, 6.45) is 3.85. The Morgan fingerprint density at radius 3 is 2.85 bits per heavy atom. The van der Waals surface area contributed by atoms with E-state index in [0.29, 0.717) is 12.5 Å². The number of amides is 2. The molecule has 0 saturated carbocycles. The monoisotopic (exact) mass is 288 g/mol. The molecule has 1 aromatic heterocycles. The van der Waals surface area contributed by atoms with E-state index < -0.39 is 6.55 Å². The Morgan fingerprint density at radius 2 is 2.25 bits per heavy atom. The highest BCUT2D eigenvalue weighted by atomic mass is 19.3. The molecule has 1 N–H and O–H groups in total. The molecule has 1 atom stereocenters. The highest BCUT2D eigenvalue weighted by Crippen LogP contribution is 2.12. The average Bonchev–Trinajstić information content (AvgIpc) is 2.86. The van der Waals surface area contributed by atoms with E-state index in [4.69, 9.17) is 0 Å². The van der Waals surface area contributed by atoms with Crippen molar-refractivity contribution >= 4 is 6.03 Å². The number of hydrogen-bond acceptors (Lipinski definition) is 2. The van der Waals surface area contributed by atoms with Gasteiger partial charge < -0.3 is 10.2 Å². The SMILES string of the molecule is CC[C@@H](C)CN(C)C(=O)NCCc1nccn1C(F)F. The lowest BCUT2D eigenvalue weighted by Crippen LogP contribution is -2.40. The van der Waals surface area contributed by atoms with Crippen LogP contribution in [0, 0.1) is 5.92 Å². The Bertz CT molecular complexity index is 422. The van der Waals surface area contributed by atoms with Gasteiger partial charge in [-0.15, -0.1) is 0 Å². The molecule has 0 spiro atoms. The molecular weight excluding hydrogens is 266 g/mol. The molecule has 0 aliphatic rings. The van der Waals surface area contributed by atoms with Crippen LogP contribution in [0.4, 0.5) is 13.6 Å². The van der Waals surface area contributed by atoms with Crippen LogP contribution in [0.15, 0.2) is 12.4 Å². The van der Waals surface area contributed by atoms with Gasteiger partial charge in [-0.05, 0) is 5.92 Å². The van der Waals surface area contributed by atoms with Crippen molar-refractivity contribution in [2.45, 2.75) is 33.2 Å². The van der Waals surface area contributed by atoms with Crippen LogP contribution in [-0.2, 0) is 6.42 Å². The number of nitrogens with zero attached hydrogens (tertiary/aromatic N) is 3. The van der Waals surface area contributed by atoms with Gasteiger partial charge in [-0.2, -0.15) is 8.78 Å². The van der Waals surface area contributed by atoms with E-state index in [1.807, 2.05) is 0 Å². The lowest BCUT2D eigenvalue weighted by atomic mass is 10.1. The van der Waals surface area contributed by atoms with Crippen LogP contribution in [0.3, 0.4) is 0 Å². The molecule has 7 heteroatoms. The minimum atomic E-state index is -2.60. The average molecular weight is 288 g/mol. The number of urea groups is 1. The molecule has 0 unspecified atom stereocenters. The van der Waals surface area contributed by atoms with Gasteiger partial charge in [0.05, 0.1) is 0 Å². The van der Waals surface area contributed by atoms with Crippen molar-refractivity contribution in [2.24, 2.45) is 5.92 Å². The fourth-order valence-corrected chi connectivity index (χ4v) is 1.81. The van der Waals surface area contributed by atoms with E-state index in [9.17, 15) is 13.6 Å². The van der Waals surface area contributed by atoms with E-state index in [-0.39, 0.29) is 24.8 Å². The second kappa shape index (κ2) is 7.81. The van der Waals surface area contributed by atoms with Gasteiger partial charge in [0.15, 0.2) is 0 Å². The number of imidazole rings is 1. The summed E-state index contributed by atoms with van der Waals surface area (Å²) in [5, 5.41) is 2.71. The van der Waals surface area contributed by atoms with E-state index in [2.05, 4.69) is 24.1 Å². The van der Waals surface area contributed by atoms with Crippen molar-refractivity contribution in [3.8, 4) is 0 Å². The van der Waals surface area contributed by atoms with Crippen molar-refractivity contribution in [3.63, 3.8) is 0 Å². The maximum absolute atomic E-state index is 12.6. The molecule has 0 aromatic carbocycles. The van der Waals surface area contributed by atoms with E-state index in [0.717, 1.165) is 11.0 Å². The fourth-order valence-electron chi connectivity index (χ4n) is 1.81. The Balaban J connectivity index is 2.36. The smallest absolute Gasteiger partial charge is 0.319 e. The maximum Gasteiger partial charge on any atom is 0.319 e. The number of carbonyl (C=O) groups is 1. The van der Waals surface area contributed by atoms with Crippen LogP contribution in [0.25, 0.3) is 0 Å². The summed E-state index contributed by atoms with van der Waals surface area (Å²) in [7, 11) is 1.72. The molecule has 0 fully saturated rings. The molecule has 1 aromatic rings. The first-order valence-electron chi connectivity index (χ1n) is 6.74. The third-order valence-electron chi connectivity index (χ3n) is 3.21. The highest BCUT2D eigenvalue weighted by molar-refractivity contribution is 5.73. The highest BCUT2D eigenvalue weighted by Gasteiger charge is 2.13. The van der Waals surface area contributed by atoms with Crippen LogP contribution in [0.1, 0.15) is 32.6 Å². The van der Waals surface area contributed by atoms with Crippen molar-refractivity contribution in [3.05, 3.63) is 18.2 Å². The van der Waals surface area contributed by atoms with Gasteiger partial charge in [0.25, 0.3) is 0 Å². The molecular formula is C13H22F2N4O. The molecule has 1 rings (SSSR count). The van der Waals surface area contributed by atoms with Crippen LogP contribution in [0.2, 0.25) is 0 Å². The van der Waals surface area contributed by atoms with Crippen LogP contribution >= 0.6 is 0 Å². The fraction of sp³-hybridized carbons (Fsp3) is 0.692. The Kier molecular flexibility index (Phi) is 6.41. The quantitative estimate of drug-likeness (QED) is 0.838. The number of aromatic nitrogens is 2. The maximum atomic E-state index is 12.6. The second-order valence-corrected chi connectivity index (χ2v) is 4.90. The van der Waals surface area contributed by atoms with Crippen LogP contribution < -0.4 is 5.32 Å². The minimum absolute atomic E-state index is 0.194. The van der Waals surface area contributed by atoms with Gasteiger partial charge in [0, 0.05) is 39.0 Å². The number of hydrogen-bond donors (Lipinski definition) is 1. The van der Waals surface area contributed by atoms with Gasteiger partial charge in [-0.25, -0.2) is 9.78 Å². The normalized spacial score (nSPS) is 12.5. The standard InChI is InChI=1S/C13H22F2N4O/c1-4-10(2)9-18(3)13(20)17-6-5-11-16-7-8-19(11)12(14)15/h7-8,10,12H,4-6,9H2,1-3H3,(H,17,20)/t10-/m1/s1. The van der Waals surface area contributed by atoms with Gasteiger partial charge in [0.2, 0.25) is 0 Å². The Labute approximate surface area is 118 Å². The predicted octanol–water partition coefficient (Wildman–Crippen LogP) is 2.51. The van der Waals surface area contributed by atoms with Gasteiger partial charge >= 0.3 is 12.6 Å². The molecule has 0 radical (unpaired) electrons. The molecule has 0 saturated heterocycles. The zero-order chi connectivity index (χ0) is 15.1. The van der Waals surface area contributed by atoms with Gasteiger partial charge in [0.1, 0.15) is 5.82 Å². The van der Waals surface area contributed by atoms with E-state index in [1.54, 1.807) is 11.9 Å². The summed E-state index contributed by atoms with van der Waals surface area (Å²) < 4.78 is 26.0. The summed E-state index contributed by atoms with van der Waals surface area (Å²) in [6.45, 7) is 2.50. The summed E-state index contributed by atoms with van der Waals surface area (Å²) in [4.78, 5) is 17.2. The van der Waals surface area contributed by atoms with Crippen molar-refractivity contribution in [2.75, 3.05) is 20.1 Å². The summed E-state index contributed by atoms with van der Waals surface area (Å²) in [6, 6.07) is -0.194. The number of alkyl halides is 2. The first-order valence-corrected chi connectivity index (χ1v) is 6.74. The molecule has 1 heterocycles. The number of rotatable bonds is 7. The molecule has 114 valence electrons. The molecule has 5 nitrogen and oxygen atoms in total. The number of carbonyl (C=O) groups excluding carboxylic acids is 1. The van der Waals surface area contributed by atoms with E-state index in [1.165, 1.54) is 12.4 Å². The van der Waals surface area contributed by atoms with Crippen molar-refractivity contribution in [1.82, 2.24) is 19.8 Å². The van der Waals surface area contributed by atoms with Crippen molar-refractivity contribution < 1.29 is 13.6 Å². The molecule has 20 heavy (non-hydrogen) atoms. The third kappa shape index (κ3) is 4.79. The Hall–Kier alpha value is -1.66. The Morgan fingerprint density at radius 1 is 1.55 bits per heavy atom. The summed E-state index contributed by atoms with van der Waals surface area (Å²) in [5.41, 5.74) is 0. The third-order valence-corrected chi connectivity index (χ3v) is 3.21. The van der Waals surface area contributed by atoms with Crippen LogP contribution in [-0.4, -0.2) is 40.6 Å². The lowest BCUT2D eigenvalue weighted by Gasteiger charge is -2.21. The van der Waals surface area contributed by atoms with Gasteiger partial charge in [-0.3, -0.25) is 4.57 Å². The largest absolute Gasteiger partial charge is 0.338 e. The summed E-state index contributed by atoms with van der Waals surface area (Å²) >= 11 is 0. The first kappa shape index (κ1) is 16.4. The zero-order valence-electron chi connectivity index (χ0n) is 12.1. The second-order valence-electron chi connectivity index (χ2n) is 4.90. The molecule has 0 aliphatic heterocycles. The lowest BCUT2D eigenvalue weighted by molar-refractivity contribution is 0.0670. The van der Waals surface area contributed by atoms with Crippen LogP contribution in [0.5, 0.6) is 0 Å². The first-order chi connectivity index (χ1) is 9.45. The molecule has 0 aliphatic carbocycles. The number of nitrogens with one attached hydrogen (secondary N) is 1. The topological polar surface area (TPSA) is 50.2 Å². The molecule has 0 bridgehead atoms. The van der Waals surface area contributed by atoms with Gasteiger partial charge in [-0.1, -0.05) is 20.3 Å². The van der Waals surface area contributed by atoms with E-state index >= 15 is 0 Å². The minimum Gasteiger partial charge on any atom is -0.338 e. The van der Waals surface area contributed by atoms with Crippen molar-refractivity contribution in [1.29, 1.82) is 0 Å². The predicted molar refractivity (Wildman–Crippen MR) is 72.7 cm³/mol. The zero-order valence-corrected chi connectivity index (χ0v) is 12.1. The summed E-state index contributed by atoms with van der Waals surface area (Å²) in [5.74, 6) is 0.702. The molecule has 2 amide bonds.